The van der Waals surface area contributed by atoms with Crippen molar-refractivity contribution in [3.05, 3.63) is 77.5 Å². The molecule has 0 bridgehead atoms. The van der Waals surface area contributed by atoms with Gasteiger partial charge < -0.3 is 19.5 Å². The van der Waals surface area contributed by atoms with Crippen LogP contribution in [-0.4, -0.2) is 47.6 Å². The Morgan fingerprint density at radius 3 is 2.50 bits per heavy atom. The second-order valence-corrected chi connectivity index (χ2v) is 9.56. The van der Waals surface area contributed by atoms with Gasteiger partial charge in [-0.25, -0.2) is 0 Å². The third-order valence-electron chi connectivity index (χ3n) is 6.28. The Morgan fingerprint density at radius 2 is 1.74 bits per heavy atom. The van der Waals surface area contributed by atoms with E-state index in [1.165, 1.54) is 11.3 Å². The SMILES string of the molecule is Cc1c(-c2ccccc2)sc(NC(=O)Cc2cn(C)c3ccccc23)c1C(=O)N1CCOCC1. The summed E-state index contributed by atoms with van der Waals surface area (Å²) in [4.78, 5) is 29.5. The summed E-state index contributed by atoms with van der Waals surface area (Å²) in [5, 5.41) is 4.75. The fourth-order valence-corrected chi connectivity index (χ4v) is 5.78. The molecule has 2 amide bonds. The summed E-state index contributed by atoms with van der Waals surface area (Å²) in [6.45, 7) is 4.13. The van der Waals surface area contributed by atoms with Crippen LogP contribution in [0.5, 0.6) is 0 Å². The highest BCUT2D eigenvalue weighted by Crippen LogP contribution is 2.40. The number of aryl methyl sites for hydroxylation is 1. The van der Waals surface area contributed by atoms with Crippen molar-refractivity contribution in [2.24, 2.45) is 7.05 Å². The molecule has 1 saturated heterocycles. The highest BCUT2D eigenvalue weighted by molar-refractivity contribution is 7.20. The zero-order valence-electron chi connectivity index (χ0n) is 19.3. The van der Waals surface area contributed by atoms with Gasteiger partial charge in [-0.05, 0) is 29.7 Å². The maximum atomic E-state index is 13.5. The quantitative estimate of drug-likeness (QED) is 0.450. The fourth-order valence-electron chi connectivity index (χ4n) is 4.56. The number of amides is 2. The average molecular weight is 474 g/mol. The van der Waals surface area contributed by atoms with E-state index in [9.17, 15) is 9.59 Å². The number of nitrogens with zero attached hydrogens (tertiary/aromatic N) is 2. The van der Waals surface area contributed by atoms with Gasteiger partial charge in [-0.1, -0.05) is 48.5 Å². The molecule has 0 spiro atoms. The van der Waals surface area contributed by atoms with Gasteiger partial charge in [0.2, 0.25) is 5.91 Å². The first kappa shape index (κ1) is 22.4. The van der Waals surface area contributed by atoms with Crippen LogP contribution in [0.4, 0.5) is 5.00 Å². The van der Waals surface area contributed by atoms with Gasteiger partial charge in [0.15, 0.2) is 0 Å². The normalized spacial score (nSPS) is 13.9. The molecule has 5 rings (SSSR count). The average Bonchev–Trinajstić information content (AvgIpc) is 3.36. The zero-order valence-corrected chi connectivity index (χ0v) is 20.2. The van der Waals surface area contributed by atoms with Crippen LogP contribution < -0.4 is 5.32 Å². The van der Waals surface area contributed by atoms with E-state index < -0.39 is 0 Å². The number of para-hydroxylation sites is 1. The smallest absolute Gasteiger partial charge is 0.257 e. The van der Waals surface area contributed by atoms with Crippen molar-refractivity contribution < 1.29 is 14.3 Å². The number of carbonyl (C=O) groups is 2. The van der Waals surface area contributed by atoms with Crippen molar-refractivity contribution in [2.75, 3.05) is 31.6 Å². The van der Waals surface area contributed by atoms with Gasteiger partial charge >= 0.3 is 0 Å². The van der Waals surface area contributed by atoms with E-state index in [1.54, 1.807) is 0 Å². The second kappa shape index (κ2) is 9.44. The number of benzene rings is 2. The Hall–Kier alpha value is -3.42. The lowest BCUT2D eigenvalue weighted by Crippen LogP contribution is -2.41. The minimum absolute atomic E-state index is 0.0558. The molecule has 1 N–H and O–H groups in total. The van der Waals surface area contributed by atoms with E-state index in [0.717, 1.165) is 32.5 Å². The maximum Gasteiger partial charge on any atom is 0.257 e. The first-order valence-corrected chi connectivity index (χ1v) is 12.2. The first-order valence-electron chi connectivity index (χ1n) is 11.4. The second-order valence-electron chi connectivity index (χ2n) is 8.54. The van der Waals surface area contributed by atoms with Gasteiger partial charge in [0, 0.05) is 42.1 Å². The van der Waals surface area contributed by atoms with Crippen molar-refractivity contribution in [1.82, 2.24) is 9.47 Å². The molecule has 2 aromatic carbocycles. The third-order valence-corrected chi connectivity index (χ3v) is 7.53. The molecule has 0 unspecified atom stereocenters. The molecule has 1 aliphatic rings. The molecule has 174 valence electrons. The van der Waals surface area contributed by atoms with Crippen LogP contribution >= 0.6 is 11.3 Å². The number of thiophene rings is 1. The summed E-state index contributed by atoms with van der Waals surface area (Å²) < 4.78 is 7.46. The van der Waals surface area contributed by atoms with E-state index in [2.05, 4.69) is 5.32 Å². The molecule has 0 saturated carbocycles. The molecular formula is C27H27N3O3S. The number of hydrogen-bond acceptors (Lipinski definition) is 4. The monoisotopic (exact) mass is 473 g/mol. The zero-order chi connectivity index (χ0) is 23.7. The predicted molar refractivity (Wildman–Crippen MR) is 136 cm³/mol. The summed E-state index contributed by atoms with van der Waals surface area (Å²) in [5.41, 5.74) is 4.57. The molecule has 4 aromatic rings. The first-order chi connectivity index (χ1) is 16.5. The van der Waals surface area contributed by atoms with Gasteiger partial charge in [0.1, 0.15) is 5.00 Å². The Morgan fingerprint density at radius 1 is 1.03 bits per heavy atom. The van der Waals surface area contributed by atoms with Crippen LogP contribution in [0, 0.1) is 6.92 Å². The minimum Gasteiger partial charge on any atom is -0.378 e. The van der Waals surface area contributed by atoms with E-state index in [0.29, 0.717) is 36.9 Å². The van der Waals surface area contributed by atoms with Gasteiger partial charge in [0.05, 0.1) is 25.2 Å². The van der Waals surface area contributed by atoms with Crippen LogP contribution in [0.1, 0.15) is 21.5 Å². The summed E-state index contributed by atoms with van der Waals surface area (Å²) in [7, 11) is 1.98. The van der Waals surface area contributed by atoms with Crippen LogP contribution in [0.25, 0.3) is 21.3 Å². The predicted octanol–water partition coefficient (Wildman–Crippen LogP) is 4.87. The number of ether oxygens (including phenoxy) is 1. The van der Waals surface area contributed by atoms with Gasteiger partial charge in [0.25, 0.3) is 5.91 Å². The molecule has 0 atom stereocenters. The fraction of sp³-hybridized carbons (Fsp3) is 0.259. The summed E-state index contributed by atoms with van der Waals surface area (Å²) >= 11 is 1.46. The number of anilines is 1. The molecule has 2 aromatic heterocycles. The molecule has 1 fully saturated rings. The highest BCUT2D eigenvalue weighted by atomic mass is 32.1. The molecule has 7 heteroatoms. The van der Waals surface area contributed by atoms with Crippen molar-refractivity contribution in [1.29, 1.82) is 0 Å². The van der Waals surface area contributed by atoms with E-state index in [4.69, 9.17) is 4.74 Å². The highest BCUT2D eigenvalue weighted by Gasteiger charge is 2.28. The third kappa shape index (κ3) is 4.24. The summed E-state index contributed by atoms with van der Waals surface area (Å²) in [6.07, 6.45) is 2.24. The Balaban J connectivity index is 1.48. The number of fused-ring (bicyclic) bond motifs is 1. The molecule has 0 radical (unpaired) electrons. The molecule has 34 heavy (non-hydrogen) atoms. The van der Waals surface area contributed by atoms with Crippen LogP contribution in [0.3, 0.4) is 0 Å². The molecule has 0 aliphatic carbocycles. The lowest BCUT2D eigenvalue weighted by molar-refractivity contribution is -0.115. The molecule has 3 heterocycles. The number of aromatic nitrogens is 1. The number of rotatable bonds is 5. The standard InChI is InChI=1S/C27H27N3O3S/c1-18-24(27(32)30-12-14-33-15-13-30)26(34-25(18)19-8-4-3-5-9-19)28-23(31)16-20-17-29(2)22-11-7-6-10-21(20)22/h3-11,17H,12-16H2,1-2H3,(H,28,31). The number of nitrogens with one attached hydrogen (secondary N) is 1. The van der Waals surface area contributed by atoms with Gasteiger partial charge in [-0.15, -0.1) is 11.3 Å². The van der Waals surface area contributed by atoms with Gasteiger partial charge in [-0.3, -0.25) is 9.59 Å². The summed E-state index contributed by atoms with van der Waals surface area (Å²) in [5.74, 6) is -0.187. The Kier molecular flexibility index (Phi) is 6.22. The maximum absolute atomic E-state index is 13.5. The number of morpholine rings is 1. The Labute approximate surface area is 202 Å². The van der Waals surface area contributed by atoms with E-state index in [-0.39, 0.29) is 18.2 Å². The van der Waals surface area contributed by atoms with Crippen molar-refractivity contribution in [3.63, 3.8) is 0 Å². The van der Waals surface area contributed by atoms with Crippen molar-refractivity contribution in [3.8, 4) is 10.4 Å². The van der Waals surface area contributed by atoms with E-state index in [1.807, 2.05) is 84.2 Å². The number of carbonyl (C=O) groups excluding carboxylic acids is 2. The summed E-state index contributed by atoms with van der Waals surface area (Å²) in [6, 6.07) is 18.1. The van der Waals surface area contributed by atoms with Crippen molar-refractivity contribution >= 4 is 39.1 Å². The largest absolute Gasteiger partial charge is 0.378 e. The lowest BCUT2D eigenvalue weighted by Gasteiger charge is -2.27. The number of hydrogen-bond donors (Lipinski definition) is 1. The molecule has 6 nitrogen and oxygen atoms in total. The molecular weight excluding hydrogens is 446 g/mol. The Bertz CT molecular complexity index is 1350. The molecule has 1 aliphatic heterocycles. The minimum atomic E-state index is -0.131. The van der Waals surface area contributed by atoms with Crippen LogP contribution in [0.15, 0.2) is 60.8 Å². The van der Waals surface area contributed by atoms with Crippen LogP contribution in [-0.2, 0) is 23.0 Å². The van der Waals surface area contributed by atoms with Crippen LogP contribution in [0.2, 0.25) is 0 Å². The lowest BCUT2D eigenvalue weighted by atomic mass is 10.1. The van der Waals surface area contributed by atoms with Gasteiger partial charge in [-0.2, -0.15) is 0 Å². The van der Waals surface area contributed by atoms with E-state index >= 15 is 0 Å². The van der Waals surface area contributed by atoms with Crippen molar-refractivity contribution in [2.45, 2.75) is 13.3 Å². The topological polar surface area (TPSA) is 63.6 Å².